The van der Waals surface area contributed by atoms with Gasteiger partial charge in [0.1, 0.15) is 5.82 Å². The molecule has 0 aliphatic carbocycles. The standard InChI is InChI=1S/C12H11F2N3/c1-8(9-4-10(13)6-15-5-9)17-11-2-3-12(14)16-7-11/h2-8,17H,1H3. The van der Waals surface area contributed by atoms with Crippen LogP contribution in [0.25, 0.3) is 0 Å². The number of halogens is 2. The lowest BCUT2D eigenvalue weighted by atomic mass is 10.1. The molecule has 2 rings (SSSR count). The Morgan fingerprint density at radius 2 is 2.00 bits per heavy atom. The lowest BCUT2D eigenvalue weighted by Gasteiger charge is -2.14. The first-order chi connectivity index (χ1) is 8.15. The maximum atomic E-state index is 13.0. The van der Waals surface area contributed by atoms with Crippen LogP contribution in [-0.4, -0.2) is 9.97 Å². The van der Waals surface area contributed by atoms with Gasteiger partial charge in [-0.3, -0.25) is 4.98 Å². The lowest BCUT2D eigenvalue weighted by molar-refractivity contribution is 0.584. The predicted octanol–water partition coefficient (Wildman–Crippen LogP) is 2.93. The molecule has 0 aromatic carbocycles. The zero-order valence-electron chi connectivity index (χ0n) is 9.19. The molecule has 0 amide bonds. The van der Waals surface area contributed by atoms with Gasteiger partial charge in [-0.15, -0.1) is 0 Å². The van der Waals surface area contributed by atoms with Gasteiger partial charge in [0, 0.05) is 6.20 Å². The van der Waals surface area contributed by atoms with Crippen LogP contribution in [0.4, 0.5) is 14.5 Å². The van der Waals surface area contributed by atoms with Crippen molar-refractivity contribution in [3.05, 3.63) is 54.1 Å². The minimum Gasteiger partial charge on any atom is -0.377 e. The van der Waals surface area contributed by atoms with Gasteiger partial charge >= 0.3 is 0 Å². The SMILES string of the molecule is CC(Nc1ccc(F)nc1)c1cncc(F)c1. The largest absolute Gasteiger partial charge is 0.377 e. The zero-order valence-corrected chi connectivity index (χ0v) is 9.19. The molecule has 0 aliphatic rings. The van der Waals surface area contributed by atoms with Crippen LogP contribution in [0.2, 0.25) is 0 Å². The van der Waals surface area contributed by atoms with Crippen LogP contribution in [0.1, 0.15) is 18.5 Å². The zero-order chi connectivity index (χ0) is 12.3. The molecule has 0 aliphatic heterocycles. The average molecular weight is 235 g/mol. The Balaban J connectivity index is 2.11. The summed E-state index contributed by atoms with van der Waals surface area (Å²) >= 11 is 0. The van der Waals surface area contributed by atoms with Crippen molar-refractivity contribution in [3.63, 3.8) is 0 Å². The van der Waals surface area contributed by atoms with E-state index >= 15 is 0 Å². The first kappa shape index (κ1) is 11.4. The minimum atomic E-state index is -0.532. The van der Waals surface area contributed by atoms with Gasteiger partial charge in [-0.05, 0) is 30.7 Å². The summed E-state index contributed by atoms with van der Waals surface area (Å²) in [5.41, 5.74) is 1.39. The van der Waals surface area contributed by atoms with E-state index in [9.17, 15) is 8.78 Å². The van der Waals surface area contributed by atoms with Gasteiger partial charge in [-0.1, -0.05) is 0 Å². The second-order valence-electron chi connectivity index (χ2n) is 3.67. The van der Waals surface area contributed by atoms with Gasteiger partial charge in [0.2, 0.25) is 5.95 Å². The molecule has 0 spiro atoms. The van der Waals surface area contributed by atoms with E-state index in [1.807, 2.05) is 6.92 Å². The van der Waals surface area contributed by atoms with E-state index in [2.05, 4.69) is 15.3 Å². The van der Waals surface area contributed by atoms with E-state index in [0.29, 0.717) is 11.3 Å². The van der Waals surface area contributed by atoms with Crippen molar-refractivity contribution >= 4 is 5.69 Å². The van der Waals surface area contributed by atoms with Crippen molar-refractivity contribution in [2.24, 2.45) is 0 Å². The second-order valence-corrected chi connectivity index (χ2v) is 3.67. The van der Waals surface area contributed by atoms with Crippen molar-refractivity contribution in [1.82, 2.24) is 9.97 Å². The molecule has 88 valence electrons. The van der Waals surface area contributed by atoms with Crippen molar-refractivity contribution in [2.45, 2.75) is 13.0 Å². The summed E-state index contributed by atoms with van der Waals surface area (Å²) in [4.78, 5) is 7.29. The molecule has 0 fully saturated rings. The summed E-state index contributed by atoms with van der Waals surface area (Å²) < 4.78 is 25.6. The molecule has 1 unspecified atom stereocenters. The Labute approximate surface area is 97.5 Å². The van der Waals surface area contributed by atoms with Crippen LogP contribution in [0.15, 0.2) is 36.8 Å². The van der Waals surface area contributed by atoms with E-state index in [1.165, 1.54) is 18.3 Å². The van der Waals surface area contributed by atoms with E-state index < -0.39 is 5.95 Å². The summed E-state index contributed by atoms with van der Waals surface area (Å²) in [5.74, 6) is -0.913. The summed E-state index contributed by atoms with van der Waals surface area (Å²) in [6.07, 6.45) is 4.12. The Morgan fingerprint density at radius 1 is 1.18 bits per heavy atom. The highest BCUT2D eigenvalue weighted by molar-refractivity contribution is 5.42. The van der Waals surface area contributed by atoms with E-state index in [1.54, 1.807) is 12.3 Å². The average Bonchev–Trinajstić information content (AvgIpc) is 2.32. The number of nitrogens with one attached hydrogen (secondary N) is 1. The number of nitrogens with zero attached hydrogens (tertiary/aromatic N) is 2. The number of pyridine rings is 2. The van der Waals surface area contributed by atoms with E-state index in [0.717, 1.165) is 6.20 Å². The molecule has 1 atom stereocenters. The highest BCUT2D eigenvalue weighted by Gasteiger charge is 2.07. The van der Waals surface area contributed by atoms with Gasteiger partial charge in [0.05, 0.1) is 24.1 Å². The molecule has 2 heterocycles. The summed E-state index contributed by atoms with van der Waals surface area (Å²) in [7, 11) is 0. The fourth-order valence-corrected chi connectivity index (χ4v) is 1.46. The molecule has 1 N–H and O–H groups in total. The van der Waals surface area contributed by atoms with Crippen LogP contribution in [0.5, 0.6) is 0 Å². The molecular weight excluding hydrogens is 224 g/mol. The van der Waals surface area contributed by atoms with Crippen molar-refractivity contribution in [1.29, 1.82) is 0 Å². The lowest BCUT2D eigenvalue weighted by Crippen LogP contribution is -2.07. The first-order valence-corrected chi connectivity index (χ1v) is 5.13. The maximum Gasteiger partial charge on any atom is 0.212 e. The van der Waals surface area contributed by atoms with Crippen LogP contribution < -0.4 is 5.32 Å². The highest BCUT2D eigenvalue weighted by atomic mass is 19.1. The third-order valence-corrected chi connectivity index (χ3v) is 2.34. The van der Waals surface area contributed by atoms with Crippen LogP contribution in [0.3, 0.4) is 0 Å². The van der Waals surface area contributed by atoms with Crippen molar-refractivity contribution < 1.29 is 8.78 Å². The molecule has 0 radical (unpaired) electrons. The third-order valence-electron chi connectivity index (χ3n) is 2.34. The Morgan fingerprint density at radius 3 is 2.65 bits per heavy atom. The van der Waals surface area contributed by atoms with Gasteiger partial charge in [-0.25, -0.2) is 9.37 Å². The monoisotopic (exact) mass is 235 g/mol. The third kappa shape index (κ3) is 2.96. The molecule has 17 heavy (non-hydrogen) atoms. The normalized spacial score (nSPS) is 12.2. The highest BCUT2D eigenvalue weighted by Crippen LogP contribution is 2.18. The van der Waals surface area contributed by atoms with Crippen LogP contribution in [0, 0.1) is 11.8 Å². The summed E-state index contributed by atoms with van der Waals surface area (Å²) in [5, 5.41) is 3.08. The molecule has 0 saturated carbocycles. The fourth-order valence-electron chi connectivity index (χ4n) is 1.46. The van der Waals surface area contributed by atoms with Crippen LogP contribution in [-0.2, 0) is 0 Å². The van der Waals surface area contributed by atoms with Gasteiger partial charge < -0.3 is 5.32 Å². The molecule has 3 nitrogen and oxygen atoms in total. The first-order valence-electron chi connectivity index (χ1n) is 5.13. The van der Waals surface area contributed by atoms with Gasteiger partial charge in [0.25, 0.3) is 0 Å². The topological polar surface area (TPSA) is 37.8 Å². The second kappa shape index (κ2) is 4.86. The van der Waals surface area contributed by atoms with Crippen molar-refractivity contribution in [2.75, 3.05) is 5.32 Å². The molecule has 0 bridgehead atoms. The molecule has 2 aromatic heterocycles. The number of rotatable bonds is 3. The number of aromatic nitrogens is 2. The quantitative estimate of drug-likeness (QED) is 0.831. The number of anilines is 1. The number of hydrogen-bond acceptors (Lipinski definition) is 3. The van der Waals surface area contributed by atoms with Crippen molar-refractivity contribution in [3.8, 4) is 0 Å². The summed E-state index contributed by atoms with van der Waals surface area (Å²) in [6, 6.07) is 4.11. The fraction of sp³-hybridized carbons (Fsp3) is 0.167. The predicted molar refractivity (Wildman–Crippen MR) is 60.4 cm³/mol. The Hall–Kier alpha value is -2.04. The molecule has 0 saturated heterocycles. The molecular formula is C12H11F2N3. The Bertz CT molecular complexity index is 499. The van der Waals surface area contributed by atoms with E-state index in [4.69, 9.17) is 0 Å². The van der Waals surface area contributed by atoms with Crippen LogP contribution >= 0.6 is 0 Å². The van der Waals surface area contributed by atoms with Gasteiger partial charge in [0.15, 0.2) is 0 Å². The number of hydrogen-bond donors (Lipinski definition) is 1. The molecule has 5 heteroatoms. The smallest absolute Gasteiger partial charge is 0.212 e. The van der Waals surface area contributed by atoms with E-state index in [-0.39, 0.29) is 11.9 Å². The molecule has 2 aromatic rings. The Kier molecular flexibility index (Phi) is 3.27. The summed E-state index contributed by atoms with van der Waals surface area (Å²) in [6.45, 7) is 1.86. The van der Waals surface area contributed by atoms with Gasteiger partial charge in [-0.2, -0.15) is 4.39 Å². The minimum absolute atomic E-state index is 0.134. The maximum absolute atomic E-state index is 13.0.